The van der Waals surface area contributed by atoms with E-state index in [2.05, 4.69) is 15.9 Å². The minimum absolute atomic E-state index is 0.0470. The van der Waals surface area contributed by atoms with Crippen LogP contribution in [0.1, 0.15) is 5.56 Å². The predicted octanol–water partition coefficient (Wildman–Crippen LogP) is 3.49. The van der Waals surface area contributed by atoms with E-state index in [1.807, 2.05) is 12.1 Å². The Labute approximate surface area is 127 Å². The monoisotopic (exact) mass is 357 g/mol. The molecule has 0 saturated heterocycles. The average Bonchev–Trinajstić information content (AvgIpc) is 2.42. The van der Waals surface area contributed by atoms with Crippen molar-refractivity contribution in [1.82, 2.24) is 0 Å². The fraction of sp³-hybridized carbons (Fsp3) is 0.143. The lowest BCUT2D eigenvalue weighted by atomic mass is 10.2. The number of nitrogen functional groups attached to an aromatic ring is 1. The van der Waals surface area contributed by atoms with Crippen molar-refractivity contribution in [2.24, 2.45) is 0 Å². The first-order valence-corrected chi connectivity index (χ1v) is 7.88. The molecular formula is C14H13BrFNO2S. The standard InChI is InChI=1S/C14H13BrFNO2S/c1-19-14-5-2-10(15)6-9(14)8-20(18)11-3-4-13(17)12(16)7-11/h2-7H,8,17H2,1H3. The van der Waals surface area contributed by atoms with Gasteiger partial charge in [0.25, 0.3) is 0 Å². The first-order valence-electron chi connectivity index (χ1n) is 5.77. The lowest BCUT2D eigenvalue weighted by Gasteiger charge is -2.09. The van der Waals surface area contributed by atoms with Crippen LogP contribution in [0.2, 0.25) is 0 Å². The van der Waals surface area contributed by atoms with Gasteiger partial charge in [-0.3, -0.25) is 4.21 Å². The van der Waals surface area contributed by atoms with E-state index in [0.717, 1.165) is 10.0 Å². The van der Waals surface area contributed by atoms with E-state index < -0.39 is 16.6 Å². The molecule has 106 valence electrons. The molecule has 0 bridgehead atoms. The molecular weight excluding hydrogens is 345 g/mol. The van der Waals surface area contributed by atoms with Crippen LogP contribution >= 0.6 is 15.9 Å². The minimum atomic E-state index is -1.37. The molecule has 1 atom stereocenters. The van der Waals surface area contributed by atoms with Crippen molar-refractivity contribution >= 4 is 32.4 Å². The van der Waals surface area contributed by atoms with Gasteiger partial charge >= 0.3 is 0 Å². The summed E-state index contributed by atoms with van der Waals surface area (Å²) in [7, 11) is 0.185. The number of halogens is 2. The number of rotatable bonds is 4. The van der Waals surface area contributed by atoms with Gasteiger partial charge in [0.1, 0.15) is 11.6 Å². The van der Waals surface area contributed by atoms with Crippen LogP contribution in [0.5, 0.6) is 5.75 Å². The Balaban J connectivity index is 2.27. The van der Waals surface area contributed by atoms with Gasteiger partial charge in [0, 0.05) is 14.9 Å². The highest BCUT2D eigenvalue weighted by Gasteiger charge is 2.11. The highest BCUT2D eigenvalue weighted by atomic mass is 79.9. The number of anilines is 1. The van der Waals surface area contributed by atoms with Crippen LogP contribution in [-0.2, 0) is 16.6 Å². The van der Waals surface area contributed by atoms with E-state index in [9.17, 15) is 8.60 Å². The smallest absolute Gasteiger partial charge is 0.147 e. The van der Waals surface area contributed by atoms with Gasteiger partial charge in [0.2, 0.25) is 0 Å². The van der Waals surface area contributed by atoms with Crippen molar-refractivity contribution in [3.8, 4) is 5.75 Å². The van der Waals surface area contributed by atoms with E-state index in [1.54, 1.807) is 19.2 Å². The minimum Gasteiger partial charge on any atom is -0.496 e. The van der Waals surface area contributed by atoms with Crippen LogP contribution in [0.4, 0.5) is 10.1 Å². The molecule has 0 aliphatic heterocycles. The number of hydrogen-bond donors (Lipinski definition) is 1. The SMILES string of the molecule is COc1ccc(Br)cc1CS(=O)c1ccc(N)c(F)c1. The summed E-state index contributed by atoms with van der Waals surface area (Å²) in [5, 5.41) is 0. The molecule has 0 aliphatic carbocycles. The van der Waals surface area contributed by atoms with Gasteiger partial charge in [-0.2, -0.15) is 0 Å². The Bertz CT molecular complexity index is 664. The first kappa shape index (κ1) is 15.0. The quantitative estimate of drug-likeness (QED) is 0.852. The van der Waals surface area contributed by atoms with Crippen molar-refractivity contribution in [3.05, 3.63) is 52.3 Å². The van der Waals surface area contributed by atoms with Crippen LogP contribution in [0.15, 0.2) is 45.8 Å². The van der Waals surface area contributed by atoms with Crippen molar-refractivity contribution in [3.63, 3.8) is 0 Å². The number of hydrogen-bond acceptors (Lipinski definition) is 3. The molecule has 0 amide bonds. The number of ether oxygens (including phenoxy) is 1. The molecule has 0 fully saturated rings. The Morgan fingerprint density at radius 1 is 1.30 bits per heavy atom. The fourth-order valence-electron chi connectivity index (χ4n) is 1.73. The van der Waals surface area contributed by atoms with Crippen LogP contribution < -0.4 is 10.5 Å². The normalized spacial score (nSPS) is 12.2. The van der Waals surface area contributed by atoms with E-state index in [4.69, 9.17) is 10.5 Å². The molecule has 0 heterocycles. The molecule has 0 aromatic heterocycles. The summed E-state index contributed by atoms with van der Waals surface area (Å²) in [4.78, 5) is 0.402. The van der Waals surface area contributed by atoms with Gasteiger partial charge in [-0.1, -0.05) is 15.9 Å². The van der Waals surface area contributed by atoms with Gasteiger partial charge in [-0.15, -0.1) is 0 Å². The highest BCUT2D eigenvalue weighted by Crippen LogP contribution is 2.26. The van der Waals surface area contributed by atoms with Gasteiger partial charge in [0.05, 0.1) is 29.3 Å². The highest BCUT2D eigenvalue weighted by molar-refractivity contribution is 9.10. The van der Waals surface area contributed by atoms with Crippen molar-refractivity contribution in [2.45, 2.75) is 10.6 Å². The van der Waals surface area contributed by atoms with Crippen molar-refractivity contribution in [2.75, 3.05) is 12.8 Å². The molecule has 3 nitrogen and oxygen atoms in total. The maximum atomic E-state index is 13.4. The van der Waals surface area contributed by atoms with Crippen LogP contribution in [0, 0.1) is 5.82 Å². The van der Waals surface area contributed by atoms with Crippen LogP contribution in [-0.4, -0.2) is 11.3 Å². The molecule has 0 aliphatic rings. The zero-order valence-corrected chi connectivity index (χ0v) is 13.1. The molecule has 0 spiro atoms. The lowest BCUT2D eigenvalue weighted by molar-refractivity contribution is 0.411. The molecule has 2 N–H and O–H groups in total. The largest absolute Gasteiger partial charge is 0.496 e. The number of benzene rings is 2. The summed E-state index contributed by atoms with van der Waals surface area (Å²) in [5.41, 5.74) is 6.24. The Morgan fingerprint density at radius 2 is 2.05 bits per heavy atom. The average molecular weight is 358 g/mol. The molecule has 20 heavy (non-hydrogen) atoms. The van der Waals surface area contributed by atoms with E-state index in [1.165, 1.54) is 12.1 Å². The molecule has 2 rings (SSSR count). The predicted molar refractivity (Wildman–Crippen MR) is 81.6 cm³/mol. The van der Waals surface area contributed by atoms with Crippen molar-refractivity contribution in [1.29, 1.82) is 0 Å². The van der Waals surface area contributed by atoms with Gasteiger partial charge in [0.15, 0.2) is 0 Å². The lowest BCUT2D eigenvalue weighted by Crippen LogP contribution is -2.01. The molecule has 6 heteroatoms. The zero-order valence-electron chi connectivity index (χ0n) is 10.7. The van der Waals surface area contributed by atoms with E-state index in [0.29, 0.717) is 10.6 Å². The summed E-state index contributed by atoms with van der Waals surface area (Å²) >= 11 is 3.36. The maximum absolute atomic E-state index is 13.4. The van der Waals surface area contributed by atoms with Gasteiger partial charge < -0.3 is 10.5 Å². The topological polar surface area (TPSA) is 52.3 Å². The molecule has 0 saturated carbocycles. The summed E-state index contributed by atoms with van der Waals surface area (Å²) < 4.78 is 31.8. The second-order valence-electron chi connectivity index (χ2n) is 4.13. The third-order valence-electron chi connectivity index (χ3n) is 2.76. The Morgan fingerprint density at radius 3 is 2.70 bits per heavy atom. The summed E-state index contributed by atoms with van der Waals surface area (Å²) in [6.07, 6.45) is 0. The van der Waals surface area contributed by atoms with E-state index >= 15 is 0 Å². The third kappa shape index (κ3) is 3.37. The molecule has 1 unspecified atom stereocenters. The Kier molecular flexibility index (Phi) is 4.77. The second kappa shape index (κ2) is 6.37. The summed E-state index contributed by atoms with van der Waals surface area (Å²) in [6, 6.07) is 9.66. The molecule has 2 aromatic rings. The Hall–Kier alpha value is -1.40. The molecule has 0 radical (unpaired) electrons. The fourth-order valence-corrected chi connectivity index (χ4v) is 3.27. The summed E-state index contributed by atoms with van der Waals surface area (Å²) in [6.45, 7) is 0. The van der Waals surface area contributed by atoms with Crippen LogP contribution in [0.3, 0.4) is 0 Å². The van der Waals surface area contributed by atoms with Crippen LogP contribution in [0.25, 0.3) is 0 Å². The third-order valence-corrected chi connectivity index (χ3v) is 4.61. The van der Waals surface area contributed by atoms with Crippen molar-refractivity contribution < 1.29 is 13.3 Å². The van der Waals surface area contributed by atoms with Gasteiger partial charge in [-0.25, -0.2) is 4.39 Å². The van der Waals surface area contributed by atoms with E-state index in [-0.39, 0.29) is 11.4 Å². The second-order valence-corrected chi connectivity index (χ2v) is 6.50. The first-order chi connectivity index (χ1) is 9.51. The molecule has 2 aromatic carbocycles. The maximum Gasteiger partial charge on any atom is 0.147 e. The number of nitrogens with two attached hydrogens (primary N) is 1. The zero-order chi connectivity index (χ0) is 14.7. The number of methoxy groups -OCH3 is 1. The summed E-state index contributed by atoms with van der Waals surface area (Å²) in [5.74, 6) is 0.334. The van der Waals surface area contributed by atoms with Gasteiger partial charge in [-0.05, 0) is 36.4 Å².